The number of nitrogens with zero attached hydrogens (tertiary/aromatic N) is 1. The molecule has 3 heteroatoms. The summed E-state index contributed by atoms with van der Waals surface area (Å²) in [6.07, 6.45) is 5.11. The lowest BCUT2D eigenvalue weighted by molar-refractivity contribution is -0.0101. The van der Waals surface area contributed by atoms with Gasteiger partial charge in [-0.25, -0.2) is 0 Å². The van der Waals surface area contributed by atoms with E-state index in [1.807, 2.05) is 12.3 Å². The number of rotatable bonds is 2. The molecule has 2 atom stereocenters. The average molecular weight is 192 g/mol. The fourth-order valence-corrected chi connectivity index (χ4v) is 2.38. The Hall–Kier alpha value is -0.930. The third-order valence-electron chi connectivity index (χ3n) is 3.24. The maximum absolute atomic E-state index is 10.5. The maximum atomic E-state index is 10.5. The summed E-state index contributed by atoms with van der Waals surface area (Å²) in [5.41, 5.74) is 6.99. The van der Waals surface area contributed by atoms with Gasteiger partial charge >= 0.3 is 0 Å². The molecule has 1 heterocycles. The third kappa shape index (κ3) is 1.24. The Bertz CT molecular complexity index is 340. The highest BCUT2D eigenvalue weighted by Gasteiger charge is 2.41. The second-order valence-electron chi connectivity index (χ2n) is 4.10. The molecule has 1 aliphatic rings. The van der Waals surface area contributed by atoms with E-state index in [1.54, 1.807) is 6.20 Å². The van der Waals surface area contributed by atoms with Crippen molar-refractivity contribution in [2.45, 2.75) is 25.4 Å². The predicted octanol–water partition coefficient (Wildman–Crippen LogP) is 0.810. The number of fused-ring (bicyclic) bond motifs is 1. The van der Waals surface area contributed by atoms with Crippen molar-refractivity contribution in [2.24, 2.45) is 11.7 Å². The fraction of sp³-hybridized carbons (Fsp3) is 0.545. The number of hydrogen-bond acceptors (Lipinski definition) is 3. The number of pyridine rings is 1. The Morgan fingerprint density at radius 1 is 1.71 bits per heavy atom. The van der Waals surface area contributed by atoms with E-state index >= 15 is 0 Å². The van der Waals surface area contributed by atoms with Crippen LogP contribution in [-0.2, 0) is 12.0 Å². The minimum atomic E-state index is -0.729. The molecule has 1 aliphatic carbocycles. The summed E-state index contributed by atoms with van der Waals surface area (Å²) in [6, 6.07) is 1.91. The standard InChI is InChI=1S/C11H16N2O/c1-8-6-9-7-13-5-2-10(9)11(8,14)3-4-12/h2,5,7-8,14H,3-4,6,12H2,1H3. The van der Waals surface area contributed by atoms with Crippen molar-refractivity contribution in [3.8, 4) is 0 Å². The summed E-state index contributed by atoms with van der Waals surface area (Å²) in [4.78, 5) is 4.07. The molecule has 0 saturated heterocycles. The zero-order chi connectivity index (χ0) is 10.2. The molecule has 0 fully saturated rings. The topological polar surface area (TPSA) is 59.1 Å². The van der Waals surface area contributed by atoms with E-state index in [0.29, 0.717) is 13.0 Å². The summed E-state index contributed by atoms with van der Waals surface area (Å²) in [5.74, 6) is 0.241. The van der Waals surface area contributed by atoms with Crippen LogP contribution in [0, 0.1) is 5.92 Å². The van der Waals surface area contributed by atoms with Gasteiger partial charge in [0.25, 0.3) is 0 Å². The zero-order valence-corrected chi connectivity index (χ0v) is 8.40. The van der Waals surface area contributed by atoms with Crippen LogP contribution >= 0.6 is 0 Å². The zero-order valence-electron chi connectivity index (χ0n) is 8.40. The number of aromatic nitrogens is 1. The summed E-state index contributed by atoms with van der Waals surface area (Å²) in [7, 11) is 0. The molecule has 1 aromatic rings. The second-order valence-corrected chi connectivity index (χ2v) is 4.10. The van der Waals surface area contributed by atoms with Gasteiger partial charge in [0.1, 0.15) is 0 Å². The molecule has 3 nitrogen and oxygen atoms in total. The first-order valence-electron chi connectivity index (χ1n) is 5.04. The molecule has 2 rings (SSSR count). The van der Waals surface area contributed by atoms with E-state index in [2.05, 4.69) is 11.9 Å². The first-order valence-corrected chi connectivity index (χ1v) is 5.04. The van der Waals surface area contributed by atoms with E-state index < -0.39 is 5.60 Å². The van der Waals surface area contributed by atoms with Gasteiger partial charge in [-0.1, -0.05) is 6.92 Å². The minimum Gasteiger partial charge on any atom is -0.385 e. The van der Waals surface area contributed by atoms with Crippen molar-refractivity contribution in [3.63, 3.8) is 0 Å². The van der Waals surface area contributed by atoms with E-state index in [-0.39, 0.29) is 5.92 Å². The molecule has 1 aromatic heterocycles. The minimum absolute atomic E-state index is 0.241. The van der Waals surface area contributed by atoms with Crippen molar-refractivity contribution >= 4 is 0 Å². The van der Waals surface area contributed by atoms with Crippen molar-refractivity contribution in [2.75, 3.05) is 6.54 Å². The molecule has 0 amide bonds. The SMILES string of the molecule is CC1Cc2cnccc2C1(O)CCN. The van der Waals surface area contributed by atoms with E-state index in [1.165, 1.54) is 0 Å². The van der Waals surface area contributed by atoms with Crippen LogP contribution in [0.1, 0.15) is 24.5 Å². The first-order chi connectivity index (χ1) is 6.68. The summed E-state index contributed by atoms with van der Waals surface area (Å²) in [6.45, 7) is 2.58. The molecule has 0 aliphatic heterocycles. The lowest BCUT2D eigenvalue weighted by atomic mass is 9.86. The van der Waals surface area contributed by atoms with Crippen LogP contribution in [0.15, 0.2) is 18.5 Å². The van der Waals surface area contributed by atoms with Gasteiger partial charge in [-0.2, -0.15) is 0 Å². The monoisotopic (exact) mass is 192 g/mol. The molecule has 3 N–H and O–H groups in total. The third-order valence-corrected chi connectivity index (χ3v) is 3.24. The molecule has 0 spiro atoms. The van der Waals surface area contributed by atoms with Gasteiger partial charge < -0.3 is 10.8 Å². The lowest BCUT2D eigenvalue weighted by Gasteiger charge is -2.28. The van der Waals surface area contributed by atoms with Crippen LogP contribution in [0.4, 0.5) is 0 Å². The van der Waals surface area contributed by atoms with Crippen LogP contribution in [0.2, 0.25) is 0 Å². The van der Waals surface area contributed by atoms with E-state index in [0.717, 1.165) is 17.5 Å². The van der Waals surface area contributed by atoms with Gasteiger partial charge in [-0.05, 0) is 42.5 Å². The van der Waals surface area contributed by atoms with Crippen molar-refractivity contribution < 1.29 is 5.11 Å². The first kappa shape index (κ1) is 9.62. The van der Waals surface area contributed by atoms with Crippen molar-refractivity contribution in [1.29, 1.82) is 0 Å². The molecule has 0 bridgehead atoms. The van der Waals surface area contributed by atoms with Gasteiger partial charge in [-0.15, -0.1) is 0 Å². The molecule has 2 unspecified atom stereocenters. The average Bonchev–Trinajstić information content (AvgIpc) is 2.41. The second kappa shape index (κ2) is 3.33. The van der Waals surface area contributed by atoms with E-state index in [4.69, 9.17) is 5.73 Å². The molecule has 0 radical (unpaired) electrons. The van der Waals surface area contributed by atoms with E-state index in [9.17, 15) is 5.11 Å². The summed E-state index contributed by atoms with van der Waals surface area (Å²) in [5, 5.41) is 10.5. The smallest absolute Gasteiger partial charge is 0.0940 e. The molecular weight excluding hydrogens is 176 g/mol. The normalized spacial score (nSPS) is 30.4. The highest BCUT2D eigenvalue weighted by Crippen LogP contribution is 2.42. The molecule has 0 aromatic carbocycles. The van der Waals surface area contributed by atoms with Crippen LogP contribution < -0.4 is 5.73 Å². The van der Waals surface area contributed by atoms with Crippen LogP contribution in [-0.4, -0.2) is 16.6 Å². The number of hydrogen-bond donors (Lipinski definition) is 2. The fourth-order valence-electron chi connectivity index (χ4n) is 2.38. The van der Waals surface area contributed by atoms with Crippen LogP contribution in [0.5, 0.6) is 0 Å². The highest BCUT2D eigenvalue weighted by molar-refractivity contribution is 5.36. The Kier molecular flexibility index (Phi) is 2.29. The Labute approximate surface area is 84.0 Å². The Morgan fingerprint density at radius 3 is 3.21 bits per heavy atom. The lowest BCUT2D eigenvalue weighted by Crippen LogP contribution is -2.32. The molecule has 14 heavy (non-hydrogen) atoms. The van der Waals surface area contributed by atoms with Gasteiger partial charge in [0, 0.05) is 12.4 Å². The van der Waals surface area contributed by atoms with Gasteiger partial charge in [0.15, 0.2) is 0 Å². The quantitative estimate of drug-likeness (QED) is 0.729. The Morgan fingerprint density at radius 2 is 2.50 bits per heavy atom. The van der Waals surface area contributed by atoms with Crippen LogP contribution in [0.25, 0.3) is 0 Å². The molecule has 0 saturated carbocycles. The van der Waals surface area contributed by atoms with Crippen molar-refractivity contribution in [3.05, 3.63) is 29.6 Å². The summed E-state index contributed by atoms with van der Waals surface area (Å²) >= 11 is 0. The van der Waals surface area contributed by atoms with Gasteiger partial charge in [0.05, 0.1) is 5.60 Å². The van der Waals surface area contributed by atoms with Crippen molar-refractivity contribution in [1.82, 2.24) is 4.98 Å². The van der Waals surface area contributed by atoms with Crippen LogP contribution in [0.3, 0.4) is 0 Å². The largest absolute Gasteiger partial charge is 0.385 e. The predicted molar refractivity (Wildman–Crippen MR) is 54.7 cm³/mol. The highest BCUT2D eigenvalue weighted by atomic mass is 16.3. The molecular formula is C11H16N2O. The number of nitrogens with two attached hydrogens (primary N) is 1. The van der Waals surface area contributed by atoms with Gasteiger partial charge in [0.2, 0.25) is 0 Å². The summed E-state index contributed by atoms with van der Waals surface area (Å²) < 4.78 is 0. The maximum Gasteiger partial charge on any atom is 0.0940 e. The number of aliphatic hydroxyl groups is 1. The van der Waals surface area contributed by atoms with Gasteiger partial charge in [-0.3, -0.25) is 4.98 Å². The Balaban J connectivity index is 2.43. The molecule has 76 valence electrons.